The lowest BCUT2D eigenvalue weighted by molar-refractivity contribution is -0.113. The van der Waals surface area contributed by atoms with E-state index in [1.807, 2.05) is 0 Å². The second kappa shape index (κ2) is 4.86. The van der Waals surface area contributed by atoms with E-state index in [4.69, 9.17) is 6.42 Å². The van der Waals surface area contributed by atoms with E-state index in [0.717, 1.165) is 0 Å². The van der Waals surface area contributed by atoms with Gasteiger partial charge in [0, 0.05) is 6.42 Å². The normalized spacial score (nSPS) is 8.78. The third kappa shape index (κ3) is 4.57. The van der Waals surface area contributed by atoms with E-state index >= 15 is 0 Å². The number of carbonyl (C=O) groups excluding carboxylic acids is 1. The first-order valence-electron chi connectivity index (χ1n) is 2.57. The monoisotopic (exact) mass is 120 g/mol. The molecule has 1 nitrogen and oxygen atoms in total. The zero-order valence-electron chi connectivity index (χ0n) is 5.13. The van der Waals surface area contributed by atoms with Gasteiger partial charge in [0.1, 0.15) is 0 Å². The standard InChI is InChI=1S/C8H8O/c1-3-5-7-8(9)6-4-2/h1,4-5,7H,2,6H2/b7-5-. The summed E-state index contributed by atoms with van der Waals surface area (Å²) in [7, 11) is 0. The zero-order chi connectivity index (χ0) is 7.11. The summed E-state index contributed by atoms with van der Waals surface area (Å²) in [5.41, 5.74) is 0. The minimum absolute atomic E-state index is 0.0112. The van der Waals surface area contributed by atoms with Crippen molar-refractivity contribution in [2.24, 2.45) is 0 Å². The van der Waals surface area contributed by atoms with Gasteiger partial charge < -0.3 is 0 Å². The van der Waals surface area contributed by atoms with Gasteiger partial charge in [-0.15, -0.1) is 13.0 Å². The van der Waals surface area contributed by atoms with Gasteiger partial charge in [-0.05, 0) is 12.2 Å². The molecule has 1 heteroatoms. The Morgan fingerprint density at radius 3 is 2.89 bits per heavy atom. The molecule has 0 saturated carbocycles. The Balaban J connectivity index is 3.66. The van der Waals surface area contributed by atoms with E-state index in [1.54, 1.807) is 6.08 Å². The second-order valence-corrected chi connectivity index (χ2v) is 1.46. The van der Waals surface area contributed by atoms with Crippen LogP contribution in [0.25, 0.3) is 0 Å². The third-order valence-electron chi connectivity index (χ3n) is 0.711. The topological polar surface area (TPSA) is 17.1 Å². The molecule has 0 amide bonds. The van der Waals surface area contributed by atoms with Crippen LogP contribution < -0.4 is 0 Å². The highest BCUT2D eigenvalue weighted by Gasteiger charge is 1.87. The average Bonchev–Trinajstić information content (AvgIpc) is 1.85. The highest BCUT2D eigenvalue weighted by molar-refractivity contribution is 5.90. The Morgan fingerprint density at radius 2 is 2.44 bits per heavy atom. The van der Waals surface area contributed by atoms with Crippen LogP contribution in [0.4, 0.5) is 0 Å². The van der Waals surface area contributed by atoms with Gasteiger partial charge in [0.05, 0.1) is 0 Å². The fourth-order valence-corrected chi connectivity index (χ4v) is 0.351. The van der Waals surface area contributed by atoms with Crippen LogP contribution in [0.2, 0.25) is 0 Å². The van der Waals surface area contributed by atoms with Gasteiger partial charge in [-0.3, -0.25) is 4.79 Å². The van der Waals surface area contributed by atoms with Crippen molar-refractivity contribution < 1.29 is 4.79 Å². The molecule has 0 rings (SSSR count). The molecule has 0 aromatic carbocycles. The summed E-state index contributed by atoms with van der Waals surface area (Å²) in [6, 6.07) is 0. The lowest BCUT2D eigenvalue weighted by Gasteiger charge is -1.80. The summed E-state index contributed by atoms with van der Waals surface area (Å²) in [4.78, 5) is 10.5. The number of terminal acetylenes is 1. The average molecular weight is 120 g/mol. The molecular formula is C8H8O. The Kier molecular flexibility index (Phi) is 4.16. The molecule has 0 spiro atoms. The first-order chi connectivity index (χ1) is 4.31. The minimum Gasteiger partial charge on any atom is -0.294 e. The fourth-order valence-electron chi connectivity index (χ4n) is 0.351. The van der Waals surface area contributed by atoms with Crippen molar-refractivity contribution >= 4 is 5.78 Å². The Bertz CT molecular complexity index is 169. The zero-order valence-corrected chi connectivity index (χ0v) is 5.13. The SMILES string of the molecule is C#C/C=C\C(=O)CC=C. The number of ketones is 1. The summed E-state index contributed by atoms with van der Waals surface area (Å²) in [6.07, 6.45) is 9.51. The van der Waals surface area contributed by atoms with E-state index in [0.29, 0.717) is 6.42 Å². The third-order valence-corrected chi connectivity index (χ3v) is 0.711. The van der Waals surface area contributed by atoms with E-state index in [9.17, 15) is 4.79 Å². The van der Waals surface area contributed by atoms with Crippen LogP contribution in [0.3, 0.4) is 0 Å². The van der Waals surface area contributed by atoms with Crippen LogP contribution >= 0.6 is 0 Å². The minimum atomic E-state index is -0.0112. The molecule has 0 unspecified atom stereocenters. The van der Waals surface area contributed by atoms with Crippen molar-refractivity contribution in [1.82, 2.24) is 0 Å². The number of carbonyl (C=O) groups is 1. The van der Waals surface area contributed by atoms with E-state index in [2.05, 4.69) is 12.5 Å². The maximum atomic E-state index is 10.5. The lowest BCUT2D eigenvalue weighted by atomic mass is 10.2. The molecule has 0 aliphatic carbocycles. The van der Waals surface area contributed by atoms with Crippen molar-refractivity contribution in [2.75, 3.05) is 0 Å². The van der Waals surface area contributed by atoms with Crippen LogP contribution in [-0.2, 0) is 4.79 Å². The molecule has 0 atom stereocenters. The molecule has 46 valence electrons. The molecule has 0 fully saturated rings. The number of hydrogen-bond acceptors (Lipinski definition) is 1. The molecule has 0 bridgehead atoms. The highest BCUT2D eigenvalue weighted by atomic mass is 16.1. The molecular weight excluding hydrogens is 112 g/mol. The van der Waals surface area contributed by atoms with Crippen LogP contribution in [0.15, 0.2) is 24.8 Å². The van der Waals surface area contributed by atoms with Crippen LogP contribution in [-0.4, -0.2) is 5.78 Å². The molecule has 0 aromatic rings. The Hall–Kier alpha value is -1.29. The van der Waals surface area contributed by atoms with Crippen LogP contribution in [0, 0.1) is 12.3 Å². The largest absolute Gasteiger partial charge is 0.294 e. The van der Waals surface area contributed by atoms with Crippen molar-refractivity contribution in [3.05, 3.63) is 24.8 Å². The van der Waals surface area contributed by atoms with Gasteiger partial charge in [0.15, 0.2) is 5.78 Å². The molecule has 0 heterocycles. The van der Waals surface area contributed by atoms with E-state index < -0.39 is 0 Å². The molecule has 0 aliphatic rings. The Labute approximate surface area is 55.1 Å². The molecule has 9 heavy (non-hydrogen) atoms. The first kappa shape index (κ1) is 7.71. The number of allylic oxidation sites excluding steroid dienone is 3. The van der Waals surface area contributed by atoms with Gasteiger partial charge in [-0.1, -0.05) is 12.0 Å². The second-order valence-electron chi connectivity index (χ2n) is 1.46. The van der Waals surface area contributed by atoms with Gasteiger partial charge in [-0.2, -0.15) is 0 Å². The lowest BCUT2D eigenvalue weighted by Crippen LogP contribution is -1.86. The quantitative estimate of drug-likeness (QED) is 0.312. The number of rotatable bonds is 3. The summed E-state index contributed by atoms with van der Waals surface area (Å²) in [5.74, 6) is 2.21. The van der Waals surface area contributed by atoms with E-state index in [-0.39, 0.29) is 5.78 Å². The first-order valence-corrected chi connectivity index (χ1v) is 2.57. The van der Waals surface area contributed by atoms with Crippen LogP contribution in [0.5, 0.6) is 0 Å². The predicted octanol–water partition coefficient (Wildman–Crippen LogP) is 1.32. The smallest absolute Gasteiger partial charge is 0.160 e. The van der Waals surface area contributed by atoms with Crippen molar-refractivity contribution in [2.45, 2.75) is 6.42 Å². The summed E-state index contributed by atoms with van der Waals surface area (Å²) in [5, 5.41) is 0. The maximum absolute atomic E-state index is 10.5. The number of hydrogen-bond donors (Lipinski definition) is 0. The maximum Gasteiger partial charge on any atom is 0.160 e. The van der Waals surface area contributed by atoms with Crippen molar-refractivity contribution in [1.29, 1.82) is 0 Å². The summed E-state index contributed by atoms with van der Waals surface area (Å²) in [6.45, 7) is 3.40. The summed E-state index contributed by atoms with van der Waals surface area (Å²) >= 11 is 0. The molecule has 0 N–H and O–H groups in total. The van der Waals surface area contributed by atoms with Gasteiger partial charge in [-0.25, -0.2) is 0 Å². The van der Waals surface area contributed by atoms with Crippen molar-refractivity contribution in [3.63, 3.8) is 0 Å². The van der Waals surface area contributed by atoms with Gasteiger partial charge in [0.25, 0.3) is 0 Å². The highest BCUT2D eigenvalue weighted by Crippen LogP contribution is 1.84. The molecule has 0 aliphatic heterocycles. The van der Waals surface area contributed by atoms with E-state index in [1.165, 1.54) is 12.2 Å². The molecule has 0 saturated heterocycles. The van der Waals surface area contributed by atoms with Crippen LogP contribution in [0.1, 0.15) is 6.42 Å². The summed E-state index contributed by atoms with van der Waals surface area (Å²) < 4.78 is 0. The van der Waals surface area contributed by atoms with Gasteiger partial charge >= 0.3 is 0 Å². The predicted molar refractivity (Wildman–Crippen MR) is 37.8 cm³/mol. The Morgan fingerprint density at radius 1 is 1.78 bits per heavy atom. The molecule has 0 aromatic heterocycles. The fraction of sp³-hybridized carbons (Fsp3) is 0.125. The van der Waals surface area contributed by atoms with Gasteiger partial charge in [0.2, 0.25) is 0 Å². The molecule has 0 radical (unpaired) electrons. The van der Waals surface area contributed by atoms with Crippen molar-refractivity contribution in [3.8, 4) is 12.3 Å².